The summed E-state index contributed by atoms with van der Waals surface area (Å²) in [6, 6.07) is 10.6. The molecule has 0 fully saturated rings. The van der Waals surface area contributed by atoms with Crippen LogP contribution in [0.1, 0.15) is 30.7 Å². The molecule has 1 unspecified atom stereocenters. The molecule has 0 saturated heterocycles. The lowest BCUT2D eigenvalue weighted by Gasteiger charge is -2.25. The molecule has 3 heterocycles. The first-order chi connectivity index (χ1) is 13.9. The lowest BCUT2D eigenvalue weighted by molar-refractivity contribution is -0.124. The minimum absolute atomic E-state index is 0.0985. The van der Waals surface area contributed by atoms with Crippen LogP contribution >= 0.6 is 0 Å². The highest BCUT2D eigenvalue weighted by Gasteiger charge is 2.36. The minimum Gasteiger partial charge on any atom is -0.483 e. The van der Waals surface area contributed by atoms with Gasteiger partial charge in [0.05, 0.1) is 25.3 Å². The number of carbonyl (C=O) groups is 1. The summed E-state index contributed by atoms with van der Waals surface area (Å²) in [5.41, 5.74) is -0.313. The predicted molar refractivity (Wildman–Crippen MR) is 104 cm³/mol. The van der Waals surface area contributed by atoms with Gasteiger partial charge in [-0.05, 0) is 38.1 Å². The summed E-state index contributed by atoms with van der Waals surface area (Å²) < 4.78 is 22.1. The Labute approximate surface area is 168 Å². The van der Waals surface area contributed by atoms with Crippen LogP contribution in [-0.4, -0.2) is 29.8 Å². The first-order valence-electron chi connectivity index (χ1n) is 9.37. The van der Waals surface area contributed by atoms with Crippen LogP contribution in [0.4, 0.5) is 0 Å². The molecule has 4 rings (SSSR count). The van der Waals surface area contributed by atoms with E-state index in [1.54, 1.807) is 24.3 Å². The number of benzene rings is 1. The maximum atomic E-state index is 12.4. The third kappa shape index (κ3) is 3.86. The van der Waals surface area contributed by atoms with Crippen LogP contribution < -0.4 is 14.8 Å². The van der Waals surface area contributed by atoms with E-state index >= 15 is 0 Å². The van der Waals surface area contributed by atoms with E-state index in [2.05, 4.69) is 5.32 Å². The van der Waals surface area contributed by atoms with Crippen LogP contribution in [-0.2, 0) is 16.8 Å². The molecule has 1 atom stereocenters. The molecule has 2 N–H and O–H groups in total. The third-order valence-corrected chi connectivity index (χ3v) is 4.88. The number of ether oxygens (including phenoxy) is 2. The third-order valence-electron chi connectivity index (χ3n) is 4.88. The van der Waals surface area contributed by atoms with Crippen molar-refractivity contribution < 1.29 is 28.2 Å². The van der Waals surface area contributed by atoms with E-state index in [9.17, 15) is 9.90 Å². The summed E-state index contributed by atoms with van der Waals surface area (Å²) >= 11 is 0. The van der Waals surface area contributed by atoms with Gasteiger partial charge in [0.1, 0.15) is 11.4 Å². The molecule has 0 radical (unpaired) electrons. The predicted octanol–water partition coefficient (Wildman–Crippen LogP) is 3.02. The van der Waals surface area contributed by atoms with Gasteiger partial charge >= 0.3 is 0 Å². The molecule has 7 heteroatoms. The fourth-order valence-electron chi connectivity index (χ4n) is 3.47. The van der Waals surface area contributed by atoms with E-state index in [1.165, 1.54) is 18.8 Å². The molecule has 0 saturated carbocycles. The quantitative estimate of drug-likeness (QED) is 0.637. The highest BCUT2D eigenvalue weighted by atomic mass is 16.5. The number of rotatable bonds is 7. The molecular weight excluding hydrogens is 374 g/mol. The second-order valence-corrected chi connectivity index (χ2v) is 7.70. The van der Waals surface area contributed by atoms with Crippen molar-refractivity contribution in [3.63, 3.8) is 0 Å². The molecule has 0 spiro atoms. The molecule has 7 nitrogen and oxygen atoms in total. The van der Waals surface area contributed by atoms with Crippen LogP contribution in [0, 0.1) is 0 Å². The number of hydrogen-bond acceptors (Lipinski definition) is 6. The summed E-state index contributed by atoms with van der Waals surface area (Å²) in [6.07, 6.45) is 5.11. The Morgan fingerprint density at radius 3 is 2.83 bits per heavy atom. The van der Waals surface area contributed by atoms with E-state index in [-0.39, 0.29) is 24.7 Å². The van der Waals surface area contributed by atoms with Gasteiger partial charge < -0.3 is 28.7 Å². The zero-order valence-corrected chi connectivity index (χ0v) is 16.3. The maximum absolute atomic E-state index is 12.4. The highest BCUT2D eigenvalue weighted by Crippen LogP contribution is 2.41. The summed E-state index contributed by atoms with van der Waals surface area (Å²) in [5, 5.41) is 13.8. The number of carbonyl (C=O) groups excluding carboxylic acids is 1. The van der Waals surface area contributed by atoms with Crippen molar-refractivity contribution in [3.8, 4) is 11.5 Å². The van der Waals surface area contributed by atoms with E-state index in [0.717, 1.165) is 12.0 Å². The summed E-state index contributed by atoms with van der Waals surface area (Å²) in [4.78, 5) is 12.4. The zero-order chi connectivity index (χ0) is 20.5. The molecule has 1 aromatic carbocycles. The average molecular weight is 397 g/mol. The monoisotopic (exact) mass is 397 g/mol. The van der Waals surface area contributed by atoms with Gasteiger partial charge in [-0.2, -0.15) is 0 Å². The molecule has 0 bridgehead atoms. The van der Waals surface area contributed by atoms with Crippen LogP contribution in [0.5, 0.6) is 11.5 Å². The fraction of sp³-hybridized carbons (Fsp3) is 0.318. The van der Waals surface area contributed by atoms with Gasteiger partial charge in [0, 0.05) is 17.5 Å². The molecule has 1 aliphatic rings. The Bertz CT molecular complexity index is 941. The maximum Gasteiger partial charge on any atom is 0.258 e. The second-order valence-electron chi connectivity index (χ2n) is 7.70. The largest absolute Gasteiger partial charge is 0.483 e. The zero-order valence-electron chi connectivity index (χ0n) is 16.3. The normalized spacial score (nSPS) is 16.5. The Kier molecular flexibility index (Phi) is 4.84. The Morgan fingerprint density at radius 2 is 2.10 bits per heavy atom. The smallest absolute Gasteiger partial charge is 0.258 e. The van der Waals surface area contributed by atoms with Crippen molar-refractivity contribution in [2.45, 2.75) is 31.5 Å². The van der Waals surface area contributed by atoms with Crippen molar-refractivity contribution in [3.05, 3.63) is 72.1 Å². The number of aliphatic hydroxyl groups is 1. The van der Waals surface area contributed by atoms with E-state index in [4.69, 9.17) is 18.3 Å². The molecular formula is C22H23NO6. The van der Waals surface area contributed by atoms with Gasteiger partial charge in [-0.25, -0.2) is 0 Å². The molecule has 1 aliphatic heterocycles. The standard InChI is InChI=1S/C22H23NO6/c1-21(2)11-15-5-3-6-17(20(15)29-21)28-13-19(24)23-14-22(25,16-8-10-26-12-16)18-7-4-9-27-18/h3-10,12,25H,11,13-14H2,1-2H3,(H,23,24). The topological polar surface area (TPSA) is 94.1 Å². The number of furan rings is 2. The number of nitrogens with one attached hydrogen (secondary N) is 1. The van der Waals surface area contributed by atoms with Gasteiger partial charge in [-0.15, -0.1) is 0 Å². The van der Waals surface area contributed by atoms with Gasteiger partial charge in [-0.1, -0.05) is 12.1 Å². The van der Waals surface area contributed by atoms with Gasteiger partial charge in [0.2, 0.25) is 0 Å². The Balaban J connectivity index is 1.40. The summed E-state index contributed by atoms with van der Waals surface area (Å²) in [7, 11) is 0. The Hall–Kier alpha value is -3.19. The summed E-state index contributed by atoms with van der Waals surface area (Å²) in [6.45, 7) is 3.71. The minimum atomic E-state index is -1.55. The molecule has 0 aliphatic carbocycles. The van der Waals surface area contributed by atoms with Crippen LogP contribution in [0.15, 0.2) is 64.0 Å². The first kappa shape index (κ1) is 19.1. The van der Waals surface area contributed by atoms with Crippen molar-refractivity contribution >= 4 is 5.91 Å². The SMILES string of the molecule is CC1(C)Cc2cccc(OCC(=O)NCC(O)(c3ccoc3)c3ccco3)c2O1. The average Bonchev–Trinajstić information content (AvgIpc) is 3.44. The lowest BCUT2D eigenvalue weighted by Crippen LogP contribution is -2.42. The molecule has 152 valence electrons. The van der Waals surface area contributed by atoms with Crippen molar-refractivity contribution in [2.75, 3.05) is 13.2 Å². The van der Waals surface area contributed by atoms with E-state index < -0.39 is 5.60 Å². The molecule has 3 aromatic rings. The van der Waals surface area contributed by atoms with Crippen LogP contribution in [0.2, 0.25) is 0 Å². The van der Waals surface area contributed by atoms with Gasteiger partial charge in [0.15, 0.2) is 23.7 Å². The van der Waals surface area contributed by atoms with Crippen molar-refractivity contribution in [1.29, 1.82) is 0 Å². The number of amides is 1. The highest BCUT2D eigenvalue weighted by molar-refractivity contribution is 5.77. The lowest BCUT2D eigenvalue weighted by atomic mass is 9.93. The van der Waals surface area contributed by atoms with Crippen LogP contribution in [0.3, 0.4) is 0 Å². The molecule has 29 heavy (non-hydrogen) atoms. The number of para-hydroxylation sites is 1. The second kappa shape index (κ2) is 7.33. The van der Waals surface area contributed by atoms with E-state index in [1.807, 2.05) is 26.0 Å². The van der Waals surface area contributed by atoms with Gasteiger partial charge in [0.25, 0.3) is 5.91 Å². The van der Waals surface area contributed by atoms with Gasteiger partial charge in [-0.3, -0.25) is 4.79 Å². The number of fused-ring (bicyclic) bond motifs is 1. The molecule has 2 aromatic heterocycles. The summed E-state index contributed by atoms with van der Waals surface area (Å²) in [5.74, 6) is 1.13. The van der Waals surface area contributed by atoms with Crippen molar-refractivity contribution in [1.82, 2.24) is 5.32 Å². The number of hydrogen-bond donors (Lipinski definition) is 2. The Morgan fingerprint density at radius 1 is 1.24 bits per heavy atom. The first-order valence-corrected chi connectivity index (χ1v) is 9.37. The van der Waals surface area contributed by atoms with E-state index in [0.29, 0.717) is 22.8 Å². The molecule has 1 amide bonds. The van der Waals surface area contributed by atoms with Crippen molar-refractivity contribution in [2.24, 2.45) is 0 Å². The van der Waals surface area contributed by atoms with Crippen LogP contribution in [0.25, 0.3) is 0 Å². The fourth-order valence-corrected chi connectivity index (χ4v) is 3.47.